The van der Waals surface area contributed by atoms with Gasteiger partial charge in [0.25, 0.3) is 0 Å². The molecule has 0 saturated carbocycles. The van der Waals surface area contributed by atoms with Gasteiger partial charge in [-0.25, -0.2) is 0 Å². The number of carbonyl (C=O) groups is 1. The first-order valence-corrected chi connectivity index (χ1v) is 11.0. The molecule has 0 aromatic carbocycles. The minimum absolute atomic E-state index is 0. The van der Waals surface area contributed by atoms with Gasteiger partial charge >= 0.3 is 58.2 Å². The van der Waals surface area contributed by atoms with E-state index < -0.39 is 5.97 Å². The van der Waals surface area contributed by atoms with E-state index in [2.05, 4.69) is 6.92 Å². The van der Waals surface area contributed by atoms with Crippen molar-refractivity contribution in [3.05, 3.63) is 0 Å². The summed E-state index contributed by atoms with van der Waals surface area (Å²) < 4.78 is 0. The van der Waals surface area contributed by atoms with E-state index in [1.807, 2.05) is 0 Å². The van der Waals surface area contributed by atoms with E-state index >= 15 is 0 Å². The number of carbonyl (C=O) groups excluding carboxylic acids is 1. The zero-order valence-corrected chi connectivity index (χ0v) is 22.4. The van der Waals surface area contributed by atoms with Gasteiger partial charge in [-0.05, 0) is 12.8 Å². The predicted molar refractivity (Wildman–Crippen MR) is 103 cm³/mol. The Morgan fingerprint density at radius 2 is 0.760 bits per heavy atom. The molecule has 0 aliphatic heterocycles. The smallest absolute Gasteiger partial charge is 0.550 e. The molecule has 0 radical (unpaired) electrons. The minimum atomic E-state index is -0.901. The molecule has 0 rings (SSSR count). The van der Waals surface area contributed by atoms with Crippen LogP contribution in [0.4, 0.5) is 0 Å². The Morgan fingerprint density at radius 3 is 1.00 bits per heavy atom. The van der Waals surface area contributed by atoms with Crippen LogP contribution < -0.4 is 63.3 Å². The Labute approximate surface area is 207 Å². The molecular weight excluding hydrogens is 382 g/mol. The third-order valence-corrected chi connectivity index (χ3v) is 4.98. The largest absolute Gasteiger partial charge is 1.00 e. The van der Waals surface area contributed by atoms with Crippen LogP contribution in [0.15, 0.2) is 0 Å². The summed E-state index contributed by atoms with van der Waals surface area (Å²) in [5.74, 6) is -0.901. The maximum Gasteiger partial charge on any atom is 1.00 e. The Hall–Kier alpha value is 1.28. The maximum atomic E-state index is 10.3. The van der Waals surface area contributed by atoms with Gasteiger partial charge in [0, 0.05) is 5.97 Å². The Bertz CT molecular complexity index is 256. The zero-order chi connectivity index (χ0) is 17.7. The molecule has 0 amide bonds. The fourth-order valence-corrected chi connectivity index (χ4v) is 3.35. The fraction of sp³-hybridized carbons (Fsp3) is 0.955. The summed E-state index contributed by atoms with van der Waals surface area (Å²) >= 11 is 0. The van der Waals surface area contributed by atoms with Crippen molar-refractivity contribution in [1.29, 1.82) is 0 Å². The molecule has 0 N–H and O–H groups in total. The maximum absolute atomic E-state index is 10.3. The summed E-state index contributed by atoms with van der Waals surface area (Å²) in [7, 11) is 0. The first-order chi connectivity index (χ1) is 11.8. The molecule has 0 aromatic rings. The summed E-state index contributed by atoms with van der Waals surface area (Å²) in [5.41, 5.74) is 0. The summed E-state index contributed by atoms with van der Waals surface area (Å²) in [5, 5.41) is 10.3. The van der Waals surface area contributed by atoms with E-state index in [9.17, 15) is 9.90 Å². The molecule has 0 unspecified atom stereocenters. The summed E-state index contributed by atoms with van der Waals surface area (Å²) in [6.07, 6.45) is 25.7. The number of hydrogen-bond donors (Lipinski definition) is 0. The average molecular weight is 425 g/mol. The third-order valence-electron chi connectivity index (χ3n) is 4.98. The van der Waals surface area contributed by atoms with Crippen LogP contribution in [0, 0.1) is 0 Å². The number of rotatable bonds is 20. The van der Waals surface area contributed by atoms with E-state index in [0.29, 0.717) is 0 Å². The van der Waals surface area contributed by atoms with Crippen LogP contribution >= 0.6 is 0 Å². The van der Waals surface area contributed by atoms with Crippen molar-refractivity contribution in [2.24, 2.45) is 0 Å². The molecular formula is C22H43O2Rb. The van der Waals surface area contributed by atoms with Gasteiger partial charge in [0.2, 0.25) is 0 Å². The number of carboxylic acids is 1. The molecule has 0 atom stereocenters. The van der Waals surface area contributed by atoms with Crippen LogP contribution in [-0.4, -0.2) is 5.97 Å². The molecule has 0 fully saturated rings. The van der Waals surface area contributed by atoms with E-state index in [1.165, 1.54) is 109 Å². The van der Waals surface area contributed by atoms with Crippen molar-refractivity contribution in [2.75, 3.05) is 0 Å². The second-order valence-electron chi connectivity index (χ2n) is 7.49. The van der Waals surface area contributed by atoms with E-state index in [1.54, 1.807) is 0 Å². The van der Waals surface area contributed by atoms with Gasteiger partial charge < -0.3 is 9.90 Å². The van der Waals surface area contributed by atoms with E-state index in [-0.39, 0.29) is 64.6 Å². The first kappa shape index (κ1) is 28.5. The predicted octanol–water partition coefficient (Wildman–Crippen LogP) is 3.56. The fourth-order valence-electron chi connectivity index (χ4n) is 3.35. The topological polar surface area (TPSA) is 40.1 Å². The summed E-state index contributed by atoms with van der Waals surface area (Å²) in [4.78, 5) is 10.3. The van der Waals surface area contributed by atoms with Gasteiger partial charge in [0.05, 0.1) is 0 Å². The SMILES string of the molecule is CCCCCCCCCCCCCCCCCCCCCC(=O)[O-].[Rb+]. The van der Waals surface area contributed by atoms with Gasteiger partial charge in [-0.3, -0.25) is 0 Å². The van der Waals surface area contributed by atoms with Gasteiger partial charge in [0.15, 0.2) is 0 Å². The molecule has 0 spiro atoms. The Balaban J connectivity index is 0. The summed E-state index contributed by atoms with van der Waals surface area (Å²) in [6.45, 7) is 2.28. The van der Waals surface area contributed by atoms with Gasteiger partial charge in [0.1, 0.15) is 0 Å². The van der Waals surface area contributed by atoms with Crippen molar-refractivity contribution in [3.63, 3.8) is 0 Å². The van der Waals surface area contributed by atoms with Crippen LogP contribution in [0.1, 0.15) is 135 Å². The molecule has 0 heterocycles. The second-order valence-corrected chi connectivity index (χ2v) is 7.49. The molecule has 3 heteroatoms. The molecule has 0 bridgehead atoms. The molecule has 2 nitrogen and oxygen atoms in total. The standard InChI is InChI=1S/C22H44O2.Rb/c1-2-3-4-5-6-7-8-9-10-11-12-13-14-15-16-17-18-19-20-21-22(23)24;/h2-21H2,1H3,(H,23,24);/q;+1/p-1. The monoisotopic (exact) mass is 424 g/mol. The van der Waals surface area contributed by atoms with Gasteiger partial charge in [-0.1, -0.05) is 122 Å². The average Bonchev–Trinajstić information content (AvgIpc) is 2.56. The van der Waals surface area contributed by atoms with Crippen molar-refractivity contribution < 1.29 is 68.1 Å². The normalized spacial score (nSPS) is 10.6. The van der Waals surface area contributed by atoms with Crippen molar-refractivity contribution in [1.82, 2.24) is 0 Å². The first-order valence-electron chi connectivity index (χ1n) is 11.0. The van der Waals surface area contributed by atoms with Crippen LogP contribution in [-0.2, 0) is 4.79 Å². The van der Waals surface area contributed by atoms with Crippen molar-refractivity contribution in [3.8, 4) is 0 Å². The van der Waals surface area contributed by atoms with Crippen LogP contribution in [0.2, 0.25) is 0 Å². The summed E-state index contributed by atoms with van der Waals surface area (Å²) in [6, 6.07) is 0. The third kappa shape index (κ3) is 27.6. The van der Waals surface area contributed by atoms with Crippen LogP contribution in [0.5, 0.6) is 0 Å². The number of carboxylic acid groups (broad SMARTS) is 1. The van der Waals surface area contributed by atoms with Crippen molar-refractivity contribution >= 4 is 5.97 Å². The Morgan fingerprint density at radius 1 is 0.520 bits per heavy atom. The molecule has 0 aromatic heterocycles. The van der Waals surface area contributed by atoms with Crippen molar-refractivity contribution in [2.45, 2.75) is 135 Å². The zero-order valence-electron chi connectivity index (χ0n) is 17.5. The molecule has 0 aliphatic rings. The van der Waals surface area contributed by atoms with E-state index in [0.717, 1.165) is 12.8 Å². The van der Waals surface area contributed by atoms with E-state index in [4.69, 9.17) is 0 Å². The minimum Gasteiger partial charge on any atom is -0.550 e. The number of unbranched alkanes of at least 4 members (excludes halogenated alkanes) is 18. The molecule has 0 aliphatic carbocycles. The molecule has 0 saturated heterocycles. The number of aliphatic carboxylic acids is 1. The molecule has 25 heavy (non-hydrogen) atoms. The van der Waals surface area contributed by atoms with Crippen LogP contribution in [0.3, 0.4) is 0 Å². The van der Waals surface area contributed by atoms with Gasteiger partial charge in [-0.15, -0.1) is 0 Å². The Kier molecular flexibility index (Phi) is 28.8. The second kappa shape index (κ2) is 25.3. The van der Waals surface area contributed by atoms with Crippen LogP contribution in [0.25, 0.3) is 0 Å². The number of hydrogen-bond acceptors (Lipinski definition) is 2. The van der Waals surface area contributed by atoms with Gasteiger partial charge in [-0.2, -0.15) is 0 Å². The quantitative estimate of drug-likeness (QED) is 0.280. The molecule has 144 valence electrons.